The van der Waals surface area contributed by atoms with Crippen LogP contribution < -0.4 is 5.32 Å². The van der Waals surface area contributed by atoms with Gasteiger partial charge in [0.25, 0.3) is 0 Å². The van der Waals surface area contributed by atoms with Gasteiger partial charge < -0.3 is 5.32 Å². The van der Waals surface area contributed by atoms with Crippen molar-refractivity contribution >= 4 is 5.82 Å². The van der Waals surface area contributed by atoms with Gasteiger partial charge in [-0.15, -0.1) is 0 Å². The average Bonchev–Trinajstić information content (AvgIpc) is 2.86. The molecule has 0 aliphatic carbocycles. The van der Waals surface area contributed by atoms with Crippen molar-refractivity contribution in [1.82, 2.24) is 9.88 Å². The van der Waals surface area contributed by atoms with E-state index in [1.807, 2.05) is 25.1 Å². The van der Waals surface area contributed by atoms with Crippen LogP contribution in [0.25, 0.3) is 0 Å². The van der Waals surface area contributed by atoms with Gasteiger partial charge in [0.05, 0.1) is 12.5 Å². The molecule has 0 spiro atoms. The molecule has 1 fully saturated rings. The Hall–Kier alpha value is -1.60. The van der Waals surface area contributed by atoms with Crippen LogP contribution in [-0.4, -0.2) is 35.6 Å². The van der Waals surface area contributed by atoms with Crippen LogP contribution in [0.15, 0.2) is 18.2 Å². The van der Waals surface area contributed by atoms with Crippen molar-refractivity contribution < 1.29 is 0 Å². The molecule has 0 bridgehead atoms. The lowest BCUT2D eigenvalue weighted by Gasteiger charge is -2.22. The molecule has 1 aliphatic rings. The first-order valence-corrected chi connectivity index (χ1v) is 6.97. The Balaban J connectivity index is 1.78. The zero-order chi connectivity index (χ0) is 13.7. The molecule has 19 heavy (non-hydrogen) atoms. The SMILES string of the molecule is Cc1cccc(NC[C@H]2CCN([C@@H](C)CC#N)C2)n1. The molecule has 0 saturated carbocycles. The van der Waals surface area contributed by atoms with Gasteiger partial charge in [-0.2, -0.15) is 5.26 Å². The fourth-order valence-electron chi connectivity index (χ4n) is 2.58. The first-order valence-electron chi connectivity index (χ1n) is 6.97. The second kappa shape index (κ2) is 6.53. The smallest absolute Gasteiger partial charge is 0.126 e. The van der Waals surface area contributed by atoms with Crippen molar-refractivity contribution in [3.8, 4) is 6.07 Å². The maximum absolute atomic E-state index is 8.74. The molecule has 4 heteroatoms. The molecule has 2 heterocycles. The van der Waals surface area contributed by atoms with E-state index in [1.165, 1.54) is 6.42 Å². The van der Waals surface area contributed by atoms with Gasteiger partial charge in [-0.05, 0) is 44.9 Å². The summed E-state index contributed by atoms with van der Waals surface area (Å²) in [5.74, 6) is 1.62. The molecule has 1 aliphatic heterocycles. The van der Waals surface area contributed by atoms with E-state index in [0.717, 1.165) is 31.1 Å². The summed E-state index contributed by atoms with van der Waals surface area (Å²) in [6.07, 6.45) is 1.83. The van der Waals surface area contributed by atoms with Crippen LogP contribution >= 0.6 is 0 Å². The molecule has 0 radical (unpaired) electrons. The lowest BCUT2D eigenvalue weighted by molar-refractivity contribution is 0.253. The fourth-order valence-corrected chi connectivity index (χ4v) is 2.58. The Morgan fingerprint density at radius 3 is 3.16 bits per heavy atom. The molecular weight excluding hydrogens is 236 g/mol. The van der Waals surface area contributed by atoms with Crippen LogP contribution in [0.3, 0.4) is 0 Å². The lowest BCUT2D eigenvalue weighted by Crippen LogP contribution is -2.31. The van der Waals surface area contributed by atoms with Crippen LogP contribution in [-0.2, 0) is 0 Å². The maximum atomic E-state index is 8.74. The number of nitriles is 1. The normalized spacial score (nSPS) is 21.0. The Morgan fingerprint density at radius 1 is 1.58 bits per heavy atom. The standard InChI is InChI=1S/C15H22N4/c1-12-4-3-5-15(18-12)17-10-14-7-9-19(11-14)13(2)6-8-16/h3-5,13-14H,6-7,9-11H2,1-2H3,(H,17,18)/t13-,14+/m0/s1. The van der Waals surface area contributed by atoms with Crippen molar-refractivity contribution in [2.75, 3.05) is 25.0 Å². The molecule has 0 aromatic carbocycles. The minimum absolute atomic E-state index is 0.382. The van der Waals surface area contributed by atoms with Crippen molar-refractivity contribution in [2.45, 2.75) is 32.7 Å². The predicted octanol–water partition coefficient (Wildman–Crippen LogP) is 2.43. The number of nitrogens with zero attached hydrogens (tertiary/aromatic N) is 3. The molecule has 4 nitrogen and oxygen atoms in total. The highest BCUT2D eigenvalue weighted by Crippen LogP contribution is 2.20. The molecule has 2 rings (SSSR count). The number of aromatic nitrogens is 1. The zero-order valence-electron chi connectivity index (χ0n) is 11.8. The summed E-state index contributed by atoms with van der Waals surface area (Å²) in [6.45, 7) is 7.30. The summed E-state index contributed by atoms with van der Waals surface area (Å²) in [4.78, 5) is 6.87. The summed E-state index contributed by atoms with van der Waals surface area (Å²) >= 11 is 0. The van der Waals surface area contributed by atoms with E-state index in [-0.39, 0.29) is 0 Å². The first-order chi connectivity index (χ1) is 9.19. The number of anilines is 1. The van der Waals surface area contributed by atoms with E-state index >= 15 is 0 Å². The Morgan fingerprint density at radius 2 is 2.42 bits per heavy atom. The number of nitrogens with one attached hydrogen (secondary N) is 1. The molecular formula is C15H22N4. The van der Waals surface area contributed by atoms with Gasteiger partial charge in [-0.1, -0.05) is 6.07 Å². The second-order valence-electron chi connectivity index (χ2n) is 5.41. The van der Waals surface area contributed by atoms with E-state index in [2.05, 4.69) is 28.2 Å². The van der Waals surface area contributed by atoms with Crippen molar-refractivity contribution in [3.05, 3.63) is 23.9 Å². The third-order valence-corrected chi connectivity index (χ3v) is 3.79. The van der Waals surface area contributed by atoms with Gasteiger partial charge in [0, 0.05) is 24.8 Å². The molecule has 1 aromatic rings. The number of hydrogen-bond donors (Lipinski definition) is 1. The van der Waals surface area contributed by atoms with Gasteiger partial charge in [0.15, 0.2) is 0 Å². The van der Waals surface area contributed by atoms with Crippen LogP contribution in [0, 0.1) is 24.2 Å². The van der Waals surface area contributed by atoms with Crippen LogP contribution in [0.5, 0.6) is 0 Å². The summed E-state index contributed by atoms with van der Waals surface area (Å²) in [6, 6.07) is 8.68. The number of hydrogen-bond acceptors (Lipinski definition) is 4. The predicted molar refractivity (Wildman–Crippen MR) is 76.8 cm³/mol. The molecule has 2 atom stereocenters. The average molecular weight is 258 g/mol. The second-order valence-corrected chi connectivity index (χ2v) is 5.41. The van der Waals surface area contributed by atoms with E-state index in [9.17, 15) is 0 Å². The van der Waals surface area contributed by atoms with Gasteiger partial charge in [0.1, 0.15) is 5.82 Å². The molecule has 0 unspecified atom stereocenters. The fraction of sp³-hybridized carbons (Fsp3) is 0.600. The van der Waals surface area contributed by atoms with Gasteiger partial charge in [-0.25, -0.2) is 4.98 Å². The molecule has 1 saturated heterocycles. The quantitative estimate of drug-likeness (QED) is 0.881. The summed E-state index contributed by atoms with van der Waals surface area (Å²) in [7, 11) is 0. The highest BCUT2D eigenvalue weighted by molar-refractivity contribution is 5.35. The summed E-state index contributed by atoms with van der Waals surface area (Å²) in [5.41, 5.74) is 1.04. The topological polar surface area (TPSA) is 52.0 Å². The number of pyridine rings is 1. The molecule has 0 amide bonds. The number of likely N-dealkylation sites (tertiary alicyclic amines) is 1. The first kappa shape index (κ1) is 13.8. The van der Waals surface area contributed by atoms with Crippen LogP contribution in [0.2, 0.25) is 0 Å². The van der Waals surface area contributed by atoms with Gasteiger partial charge in [0.2, 0.25) is 0 Å². The minimum atomic E-state index is 0.382. The van der Waals surface area contributed by atoms with Crippen molar-refractivity contribution in [1.29, 1.82) is 5.26 Å². The van der Waals surface area contributed by atoms with Crippen LogP contribution in [0.4, 0.5) is 5.82 Å². The summed E-state index contributed by atoms with van der Waals surface area (Å²) < 4.78 is 0. The zero-order valence-corrected chi connectivity index (χ0v) is 11.8. The third-order valence-electron chi connectivity index (χ3n) is 3.79. The highest BCUT2D eigenvalue weighted by Gasteiger charge is 2.25. The van der Waals surface area contributed by atoms with Crippen molar-refractivity contribution in [2.24, 2.45) is 5.92 Å². The molecule has 1 N–H and O–H groups in total. The molecule has 102 valence electrons. The largest absolute Gasteiger partial charge is 0.370 e. The third kappa shape index (κ3) is 3.93. The summed E-state index contributed by atoms with van der Waals surface area (Å²) in [5, 5.41) is 12.2. The Bertz CT molecular complexity index is 452. The Labute approximate surface area is 115 Å². The van der Waals surface area contributed by atoms with Gasteiger partial charge in [-0.3, -0.25) is 4.90 Å². The monoisotopic (exact) mass is 258 g/mol. The van der Waals surface area contributed by atoms with E-state index in [4.69, 9.17) is 5.26 Å². The lowest BCUT2D eigenvalue weighted by atomic mass is 10.1. The number of aryl methyl sites for hydroxylation is 1. The Kier molecular flexibility index (Phi) is 4.75. The molecule has 1 aromatic heterocycles. The minimum Gasteiger partial charge on any atom is -0.370 e. The van der Waals surface area contributed by atoms with Crippen molar-refractivity contribution in [3.63, 3.8) is 0 Å². The van der Waals surface area contributed by atoms with Gasteiger partial charge >= 0.3 is 0 Å². The van der Waals surface area contributed by atoms with E-state index in [0.29, 0.717) is 18.4 Å². The highest BCUT2D eigenvalue weighted by atomic mass is 15.2. The van der Waals surface area contributed by atoms with E-state index < -0.39 is 0 Å². The van der Waals surface area contributed by atoms with Crippen LogP contribution in [0.1, 0.15) is 25.5 Å². The number of rotatable bonds is 5. The van der Waals surface area contributed by atoms with E-state index in [1.54, 1.807) is 0 Å². The maximum Gasteiger partial charge on any atom is 0.126 e.